The van der Waals surface area contributed by atoms with Gasteiger partial charge in [0.25, 0.3) is 5.91 Å². The SMILES string of the molecule is CCC(C)(C)N1CCC(N2CCN(c3ccc(C(=O)NC)nc3)CC2)CC1. The third-order valence-electron chi connectivity index (χ3n) is 6.59. The number of nitrogens with zero attached hydrogens (tertiary/aromatic N) is 4. The molecule has 0 aromatic carbocycles. The molecule has 2 fully saturated rings. The Morgan fingerprint density at radius 3 is 2.33 bits per heavy atom. The molecular formula is C21H35N5O. The number of carbonyl (C=O) groups excluding carboxylic acids is 1. The van der Waals surface area contributed by atoms with E-state index in [4.69, 9.17) is 0 Å². The first-order chi connectivity index (χ1) is 12.9. The van der Waals surface area contributed by atoms with E-state index in [-0.39, 0.29) is 5.91 Å². The second-order valence-electron chi connectivity index (χ2n) is 8.39. The molecule has 2 aliphatic rings. The molecule has 3 rings (SSSR count). The summed E-state index contributed by atoms with van der Waals surface area (Å²) in [7, 11) is 1.63. The van der Waals surface area contributed by atoms with Gasteiger partial charge in [0.15, 0.2) is 0 Å². The number of rotatable bonds is 5. The number of aromatic nitrogens is 1. The van der Waals surface area contributed by atoms with E-state index in [1.54, 1.807) is 7.05 Å². The molecule has 0 atom stereocenters. The Labute approximate surface area is 163 Å². The smallest absolute Gasteiger partial charge is 0.269 e. The highest BCUT2D eigenvalue weighted by Gasteiger charge is 2.32. The van der Waals surface area contributed by atoms with Crippen molar-refractivity contribution in [2.24, 2.45) is 0 Å². The van der Waals surface area contributed by atoms with Gasteiger partial charge in [0.1, 0.15) is 5.69 Å². The van der Waals surface area contributed by atoms with Crippen molar-refractivity contribution in [3.05, 3.63) is 24.0 Å². The van der Waals surface area contributed by atoms with Crippen LogP contribution in [0.1, 0.15) is 50.5 Å². The topological polar surface area (TPSA) is 51.7 Å². The van der Waals surface area contributed by atoms with Crippen LogP contribution in [0.2, 0.25) is 0 Å². The Hall–Kier alpha value is -1.66. The van der Waals surface area contributed by atoms with Gasteiger partial charge in [-0.05, 0) is 45.2 Å². The number of piperidine rings is 1. The van der Waals surface area contributed by atoms with Gasteiger partial charge < -0.3 is 10.2 Å². The van der Waals surface area contributed by atoms with Gasteiger partial charge in [-0.1, -0.05) is 6.92 Å². The number of nitrogens with one attached hydrogen (secondary N) is 1. The lowest BCUT2D eigenvalue weighted by atomic mass is 9.93. The number of pyridine rings is 1. The average Bonchev–Trinajstić information content (AvgIpc) is 2.73. The standard InChI is InChI=1S/C21H35N5O/c1-5-21(2,3)26-10-8-17(9-11-26)24-12-14-25(15-13-24)18-6-7-19(23-16-18)20(27)22-4/h6-7,16-17H,5,8-15H2,1-4H3,(H,22,27). The molecule has 0 aliphatic carbocycles. The van der Waals surface area contributed by atoms with E-state index in [1.807, 2.05) is 18.3 Å². The Kier molecular flexibility index (Phi) is 6.37. The third kappa shape index (κ3) is 4.61. The zero-order valence-electron chi connectivity index (χ0n) is 17.4. The number of anilines is 1. The van der Waals surface area contributed by atoms with Crippen LogP contribution in [0, 0.1) is 0 Å². The molecular weight excluding hydrogens is 338 g/mol. The summed E-state index contributed by atoms with van der Waals surface area (Å²) < 4.78 is 0. The number of likely N-dealkylation sites (tertiary alicyclic amines) is 1. The van der Waals surface area contributed by atoms with E-state index in [0.29, 0.717) is 11.2 Å². The summed E-state index contributed by atoms with van der Waals surface area (Å²) in [5, 5.41) is 2.61. The van der Waals surface area contributed by atoms with Crippen molar-refractivity contribution in [2.45, 2.75) is 51.6 Å². The van der Waals surface area contributed by atoms with Crippen LogP contribution in [0.4, 0.5) is 5.69 Å². The molecule has 1 aromatic heterocycles. The predicted octanol–water partition coefficient (Wildman–Crippen LogP) is 2.22. The Morgan fingerprint density at radius 1 is 1.15 bits per heavy atom. The molecule has 2 aliphatic heterocycles. The second-order valence-corrected chi connectivity index (χ2v) is 8.39. The highest BCUT2D eigenvalue weighted by Crippen LogP contribution is 2.26. The summed E-state index contributed by atoms with van der Waals surface area (Å²) in [5.74, 6) is -0.135. The normalized spacial score (nSPS) is 20.7. The maximum absolute atomic E-state index is 11.6. The number of hydrogen-bond donors (Lipinski definition) is 1. The van der Waals surface area contributed by atoms with Gasteiger partial charge in [0.2, 0.25) is 0 Å². The first-order valence-electron chi connectivity index (χ1n) is 10.4. The molecule has 0 unspecified atom stereocenters. The first-order valence-corrected chi connectivity index (χ1v) is 10.4. The van der Waals surface area contributed by atoms with E-state index in [0.717, 1.165) is 37.9 Å². The molecule has 1 aromatic rings. The number of amides is 1. The van der Waals surface area contributed by atoms with Crippen LogP contribution in [0.3, 0.4) is 0 Å². The third-order valence-corrected chi connectivity index (χ3v) is 6.59. The maximum Gasteiger partial charge on any atom is 0.269 e. The lowest BCUT2D eigenvalue weighted by Gasteiger charge is -2.47. The van der Waals surface area contributed by atoms with Crippen molar-refractivity contribution < 1.29 is 4.79 Å². The molecule has 27 heavy (non-hydrogen) atoms. The lowest BCUT2D eigenvalue weighted by Crippen LogP contribution is -2.55. The molecule has 0 bridgehead atoms. The van der Waals surface area contributed by atoms with Gasteiger partial charge in [-0.15, -0.1) is 0 Å². The van der Waals surface area contributed by atoms with Crippen LogP contribution in [0.5, 0.6) is 0 Å². The predicted molar refractivity (Wildman–Crippen MR) is 110 cm³/mol. The van der Waals surface area contributed by atoms with Crippen LogP contribution in [-0.4, -0.2) is 78.6 Å². The van der Waals surface area contributed by atoms with Gasteiger partial charge in [-0.2, -0.15) is 0 Å². The minimum absolute atomic E-state index is 0.135. The largest absolute Gasteiger partial charge is 0.368 e. The molecule has 2 saturated heterocycles. The lowest BCUT2D eigenvalue weighted by molar-refractivity contribution is 0.0440. The van der Waals surface area contributed by atoms with Crippen molar-refractivity contribution in [3.8, 4) is 0 Å². The minimum atomic E-state index is -0.135. The van der Waals surface area contributed by atoms with Gasteiger partial charge in [0.05, 0.1) is 11.9 Å². The highest BCUT2D eigenvalue weighted by atomic mass is 16.1. The zero-order valence-corrected chi connectivity index (χ0v) is 17.4. The monoisotopic (exact) mass is 373 g/mol. The van der Waals surface area contributed by atoms with E-state index in [2.05, 4.69) is 45.8 Å². The minimum Gasteiger partial charge on any atom is -0.368 e. The molecule has 0 spiro atoms. The highest BCUT2D eigenvalue weighted by molar-refractivity contribution is 5.92. The maximum atomic E-state index is 11.6. The van der Waals surface area contributed by atoms with E-state index >= 15 is 0 Å². The Morgan fingerprint density at radius 2 is 1.81 bits per heavy atom. The molecule has 1 amide bonds. The van der Waals surface area contributed by atoms with Gasteiger partial charge in [-0.3, -0.25) is 14.6 Å². The van der Waals surface area contributed by atoms with Gasteiger partial charge >= 0.3 is 0 Å². The van der Waals surface area contributed by atoms with Crippen LogP contribution in [0.25, 0.3) is 0 Å². The van der Waals surface area contributed by atoms with Crippen LogP contribution in [0.15, 0.2) is 18.3 Å². The fourth-order valence-corrected chi connectivity index (χ4v) is 4.24. The van der Waals surface area contributed by atoms with Crippen molar-refractivity contribution in [1.29, 1.82) is 0 Å². The molecule has 0 saturated carbocycles. The Balaban J connectivity index is 1.49. The summed E-state index contributed by atoms with van der Waals surface area (Å²) in [6.45, 7) is 13.8. The molecule has 150 valence electrons. The second kappa shape index (κ2) is 8.57. The Bertz CT molecular complexity index is 614. The van der Waals surface area contributed by atoms with Crippen molar-refractivity contribution in [1.82, 2.24) is 20.1 Å². The summed E-state index contributed by atoms with van der Waals surface area (Å²) in [5.41, 5.74) is 1.92. The van der Waals surface area contributed by atoms with Crippen LogP contribution < -0.4 is 10.2 Å². The molecule has 6 nitrogen and oxygen atoms in total. The summed E-state index contributed by atoms with van der Waals surface area (Å²) in [6.07, 6.45) is 5.60. The van der Waals surface area contributed by atoms with Gasteiger partial charge in [-0.25, -0.2) is 4.98 Å². The summed E-state index contributed by atoms with van der Waals surface area (Å²) >= 11 is 0. The van der Waals surface area contributed by atoms with E-state index < -0.39 is 0 Å². The number of carbonyl (C=O) groups is 1. The first kappa shape index (κ1) is 20.1. The van der Waals surface area contributed by atoms with Crippen molar-refractivity contribution in [2.75, 3.05) is 51.2 Å². The van der Waals surface area contributed by atoms with E-state index in [9.17, 15) is 4.79 Å². The van der Waals surface area contributed by atoms with Crippen molar-refractivity contribution in [3.63, 3.8) is 0 Å². The van der Waals surface area contributed by atoms with E-state index in [1.165, 1.54) is 32.4 Å². The fraction of sp³-hybridized carbons (Fsp3) is 0.714. The van der Waals surface area contributed by atoms with Crippen molar-refractivity contribution >= 4 is 11.6 Å². The summed E-state index contributed by atoms with van der Waals surface area (Å²) in [6, 6.07) is 4.55. The van der Waals surface area contributed by atoms with Crippen LogP contribution >= 0.6 is 0 Å². The number of piperazine rings is 1. The zero-order chi connectivity index (χ0) is 19.4. The fourth-order valence-electron chi connectivity index (χ4n) is 4.24. The molecule has 0 radical (unpaired) electrons. The summed E-state index contributed by atoms with van der Waals surface area (Å²) in [4.78, 5) is 23.7. The molecule has 3 heterocycles. The number of hydrogen-bond acceptors (Lipinski definition) is 5. The van der Waals surface area contributed by atoms with Crippen LogP contribution in [-0.2, 0) is 0 Å². The quantitative estimate of drug-likeness (QED) is 0.858. The molecule has 1 N–H and O–H groups in total. The average molecular weight is 374 g/mol. The molecule has 6 heteroatoms. The van der Waals surface area contributed by atoms with Gasteiger partial charge in [0, 0.05) is 57.9 Å².